The molecule has 23 heteroatoms. The molecule has 0 spiro atoms. The van der Waals surface area contributed by atoms with E-state index in [2.05, 4.69) is 26.3 Å². The molecule has 0 aromatic heterocycles. The molecule has 2 aliphatic rings. The largest absolute Gasteiger partial charge is 0.480 e. The highest BCUT2D eigenvalue weighted by Gasteiger charge is 2.42. The number of nitrogens with one attached hydrogen (secondary N) is 4. The molecule has 0 radical (unpaired) electrons. The molecule has 1 aromatic rings. The summed E-state index contributed by atoms with van der Waals surface area (Å²) in [6, 6.07) is 0.0622. The second kappa shape index (κ2) is 26.3. The number of amides is 8. The van der Waals surface area contributed by atoms with Gasteiger partial charge in [0.25, 0.3) is 0 Å². The van der Waals surface area contributed by atoms with Crippen molar-refractivity contribution in [2.45, 2.75) is 132 Å². The van der Waals surface area contributed by atoms with Crippen LogP contribution in [0.3, 0.4) is 0 Å². The number of nitrogens with two attached hydrogens (primary N) is 6. The van der Waals surface area contributed by atoms with Crippen LogP contribution in [0.4, 0.5) is 0 Å². The number of hydrogen-bond acceptors (Lipinski definition) is 12. The Bertz CT molecular complexity index is 1830. The third kappa shape index (κ3) is 16.7. The second-order valence-corrected chi connectivity index (χ2v) is 16.0. The minimum Gasteiger partial charge on any atom is -0.480 e. The Hall–Kier alpha value is -6.36. The molecule has 17 N–H and O–H groups in total. The van der Waals surface area contributed by atoms with Crippen LogP contribution in [0.5, 0.6) is 0 Å². The van der Waals surface area contributed by atoms with Crippen molar-refractivity contribution in [1.29, 1.82) is 0 Å². The van der Waals surface area contributed by atoms with Crippen molar-refractivity contribution < 1.29 is 48.3 Å². The summed E-state index contributed by atoms with van der Waals surface area (Å²) in [5.74, 6) is -7.27. The first-order valence-corrected chi connectivity index (χ1v) is 21.6. The van der Waals surface area contributed by atoms with Gasteiger partial charge in [0.2, 0.25) is 47.3 Å². The molecule has 2 fully saturated rings. The molecule has 2 heterocycles. The van der Waals surface area contributed by atoms with Crippen molar-refractivity contribution in [1.82, 2.24) is 31.1 Å². The van der Waals surface area contributed by atoms with Gasteiger partial charge in [-0.15, -0.1) is 0 Å². The number of carboxylic acids is 1. The van der Waals surface area contributed by atoms with E-state index in [9.17, 15) is 48.3 Å². The van der Waals surface area contributed by atoms with Gasteiger partial charge in [-0.2, -0.15) is 0 Å². The molecule has 0 aliphatic carbocycles. The first kappa shape index (κ1) is 52.0. The highest BCUT2D eigenvalue weighted by atomic mass is 16.4. The van der Waals surface area contributed by atoms with Crippen molar-refractivity contribution in [2.24, 2.45) is 39.4 Å². The summed E-state index contributed by atoms with van der Waals surface area (Å²) >= 11 is 0. The lowest BCUT2D eigenvalue weighted by molar-refractivity contribution is -0.144. The lowest BCUT2D eigenvalue weighted by Gasteiger charge is -2.32. The summed E-state index contributed by atoms with van der Waals surface area (Å²) in [5, 5.41) is 20.1. The van der Waals surface area contributed by atoms with Crippen LogP contribution >= 0.6 is 0 Å². The molecule has 0 unspecified atom stereocenters. The van der Waals surface area contributed by atoms with E-state index in [0.717, 1.165) is 0 Å². The number of unbranched alkanes of at least 4 members (excludes halogenated alkanes) is 1. The topological polar surface area (TPSA) is 397 Å². The van der Waals surface area contributed by atoms with Crippen molar-refractivity contribution in [3.63, 3.8) is 0 Å². The number of benzene rings is 1. The lowest BCUT2D eigenvalue weighted by atomic mass is 10.0. The van der Waals surface area contributed by atoms with E-state index < -0.39 is 95.5 Å². The number of aliphatic carboxylic acids is 1. The van der Waals surface area contributed by atoms with Gasteiger partial charge in [0.15, 0.2) is 5.96 Å². The van der Waals surface area contributed by atoms with Gasteiger partial charge in [-0.25, -0.2) is 4.79 Å². The van der Waals surface area contributed by atoms with Crippen LogP contribution in [0.15, 0.2) is 35.3 Å². The Morgan fingerprint density at radius 2 is 1.17 bits per heavy atom. The molecule has 0 bridgehead atoms. The lowest BCUT2D eigenvalue weighted by Crippen LogP contribution is -2.59. The maximum Gasteiger partial charge on any atom is 0.326 e. The summed E-state index contributed by atoms with van der Waals surface area (Å²) in [7, 11) is 0. The third-order valence-electron chi connectivity index (χ3n) is 11.0. The Kier molecular flexibility index (Phi) is 21.4. The second-order valence-electron chi connectivity index (χ2n) is 16.0. The van der Waals surface area contributed by atoms with E-state index in [1.54, 1.807) is 30.3 Å². The molecule has 1 aromatic carbocycles. The molecular weight excluding hydrogens is 835 g/mol. The average molecular weight is 900 g/mol. The predicted octanol–water partition coefficient (Wildman–Crippen LogP) is -3.72. The summed E-state index contributed by atoms with van der Waals surface area (Å²) in [5.41, 5.74) is 34.0. The standard InChI is InChI=1S/C41H65N13O10/c42-19-5-4-12-28(51-37(60)30-13-7-21-53(30)38(61)25(43)11-6-20-48-41(46)47)39(62)54-22-8-14-31(54)36(59)50-27(16-18-33(45)56)34(57)49-26(15-17-32(44)55)35(58)52-29(40(63)64)23-24-9-2-1-3-10-24/h1-3,9-10,25-31H,4-8,11-23,42-43H2,(H2,44,55)(H2,45,56)(H,49,57)(H,50,59)(H,51,60)(H,52,58)(H,63,64)(H4,46,47,48)/t25-,26+,27+,28+,29+,30+,31+/m0/s1. The third-order valence-corrected chi connectivity index (χ3v) is 11.0. The van der Waals surface area contributed by atoms with Crippen LogP contribution in [0.2, 0.25) is 0 Å². The van der Waals surface area contributed by atoms with Crippen LogP contribution in [0.1, 0.15) is 89.0 Å². The number of guanidine groups is 1. The maximum atomic E-state index is 14.3. The molecule has 23 nitrogen and oxygen atoms in total. The van der Waals surface area contributed by atoms with Crippen LogP contribution in [0, 0.1) is 0 Å². The number of rotatable bonds is 27. The van der Waals surface area contributed by atoms with E-state index in [4.69, 9.17) is 34.4 Å². The minimum absolute atomic E-state index is 0.0828. The monoisotopic (exact) mass is 899 g/mol. The number of primary amides is 2. The average Bonchev–Trinajstić information content (AvgIpc) is 3.95. The fourth-order valence-electron chi connectivity index (χ4n) is 7.65. The van der Waals surface area contributed by atoms with Crippen LogP contribution in [0.25, 0.3) is 0 Å². The maximum absolute atomic E-state index is 14.3. The molecule has 2 aliphatic heterocycles. The first-order valence-electron chi connectivity index (χ1n) is 21.6. The minimum atomic E-state index is -1.49. The van der Waals surface area contributed by atoms with Crippen LogP contribution in [-0.2, 0) is 49.6 Å². The van der Waals surface area contributed by atoms with E-state index in [-0.39, 0.29) is 77.0 Å². The fourth-order valence-corrected chi connectivity index (χ4v) is 7.65. The Morgan fingerprint density at radius 1 is 0.656 bits per heavy atom. The highest BCUT2D eigenvalue weighted by Crippen LogP contribution is 2.23. The molecule has 2 saturated heterocycles. The Morgan fingerprint density at radius 3 is 1.69 bits per heavy atom. The molecule has 3 rings (SSSR count). The van der Waals surface area contributed by atoms with Crippen molar-refractivity contribution in [2.75, 3.05) is 26.2 Å². The molecule has 354 valence electrons. The van der Waals surface area contributed by atoms with Gasteiger partial charge in [-0.1, -0.05) is 30.3 Å². The number of carboxylic acid groups (broad SMARTS) is 1. The predicted molar refractivity (Wildman–Crippen MR) is 233 cm³/mol. The SMILES string of the molecule is NCCCC[C@@H](NC(=O)[C@H]1CCCN1C(=O)[C@@H](N)CCCN=C(N)N)C(=O)N1CCC[C@@H]1C(=O)N[C@H](CCC(N)=O)C(=O)N[C@H](CCC(N)=O)C(=O)N[C@H](Cc1ccccc1)C(=O)O. The van der Waals surface area contributed by atoms with Gasteiger partial charge < -0.3 is 70.6 Å². The smallest absolute Gasteiger partial charge is 0.326 e. The quantitative estimate of drug-likeness (QED) is 0.0230. The summed E-state index contributed by atoms with van der Waals surface area (Å²) < 4.78 is 0. The number of aliphatic imine (C=N–C) groups is 1. The van der Waals surface area contributed by atoms with E-state index in [1.807, 2.05) is 0 Å². The zero-order chi connectivity index (χ0) is 47.3. The summed E-state index contributed by atoms with van der Waals surface area (Å²) in [6.45, 7) is 1.02. The van der Waals surface area contributed by atoms with Crippen molar-refractivity contribution in [3.05, 3.63) is 35.9 Å². The molecule has 0 saturated carbocycles. The molecule has 64 heavy (non-hydrogen) atoms. The summed E-state index contributed by atoms with van der Waals surface area (Å²) in [4.78, 5) is 125. The van der Waals surface area contributed by atoms with Gasteiger partial charge >= 0.3 is 5.97 Å². The zero-order valence-corrected chi connectivity index (χ0v) is 36.1. The van der Waals surface area contributed by atoms with E-state index in [1.165, 1.54) is 9.80 Å². The molecule has 8 amide bonds. The van der Waals surface area contributed by atoms with Gasteiger partial charge in [-0.05, 0) is 82.7 Å². The number of carbonyl (C=O) groups excluding carboxylic acids is 8. The fraction of sp³-hybridized carbons (Fsp3) is 0.610. The van der Waals surface area contributed by atoms with Crippen LogP contribution < -0.4 is 55.7 Å². The van der Waals surface area contributed by atoms with Gasteiger partial charge in [0, 0.05) is 38.9 Å². The zero-order valence-electron chi connectivity index (χ0n) is 36.1. The Labute approximate surface area is 371 Å². The van der Waals surface area contributed by atoms with E-state index >= 15 is 0 Å². The van der Waals surface area contributed by atoms with Crippen LogP contribution in [-0.4, -0.2) is 143 Å². The molecular formula is C41H65N13O10. The van der Waals surface area contributed by atoms with Gasteiger partial charge in [-0.3, -0.25) is 43.3 Å². The normalized spacial score (nSPS) is 18.1. The number of nitrogens with zero attached hydrogens (tertiary/aromatic N) is 3. The summed E-state index contributed by atoms with van der Waals surface area (Å²) in [6.07, 6.45) is 1.81. The number of likely N-dealkylation sites (tertiary alicyclic amines) is 2. The van der Waals surface area contributed by atoms with Gasteiger partial charge in [0.05, 0.1) is 6.04 Å². The number of hydrogen-bond donors (Lipinski definition) is 11. The van der Waals surface area contributed by atoms with Crippen molar-refractivity contribution >= 4 is 59.2 Å². The van der Waals surface area contributed by atoms with E-state index in [0.29, 0.717) is 50.6 Å². The number of carbonyl (C=O) groups is 9. The van der Waals surface area contributed by atoms with Gasteiger partial charge in [0.1, 0.15) is 36.3 Å². The van der Waals surface area contributed by atoms with Crippen molar-refractivity contribution in [3.8, 4) is 0 Å². The molecule has 7 atom stereocenters. The Balaban J connectivity index is 1.77. The first-order chi connectivity index (χ1) is 30.4. The highest BCUT2D eigenvalue weighted by molar-refractivity contribution is 5.97.